The molecule has 0 aliphatic rings. The Morgan fingerprint density at radius 1 is 1.40 bits per heavy atom. The second-order valence-electron chi connectivity index (χ2n) is 2.08. The molecule has 0 unspecified atom stereocenters. The van der Waals surface area contributed by atoms with Crippen molar-refractivity contribution in [3.63, 3.8) is 0 Å². The highest BCUT2D eigenvalue weighted by Gasteiger charge is 1.94. The van der Waals surface area contributed by atoms with E-state index in [1.54, 1.807) is 4.57 Å². The predicted molar refractivity (Wildman–Crippen MR) is 41.2 cm³/mol. The zero-order chi connectivity index (χ0) is 7.40. The lowest BCUT2D eigenvalue weighted by molar-refractivity contribution is 0.967. The molecular weight excluding hydrogens is 126 g/mol. The Hall–Kier alpha value is -1.09. The molecule has 0 saturated heterocycles. The van der Waals surface area contributed by atoms with Gasteiger partial charge < -0.3 is 10.3 Å². The van der Waals surface area contributed by atoms with Crippen LogP contribution in [0.25, 0.3) is 0 Å². The summed E-state index contributed by atoms with van der Waals surface area (Å²) in [5, 5.41) is 7.43. The SMILES string of the molecule is N=C(CCN)n1cccc1. The molecule has 0 amide bonds. The van der Waals surface area contributed by atoms with E-state index in [-0.39, 0.29) is 0 Å². The van der Waals surface area contributed by atoms with E-state index in [4.69, 9.17) is 11.1 Å². The van der Waals surface area contributed by atoms with Gasteiger partial charge in [0.05, 0.1) is 0 Å². The third-order valence-electron chi connectivity index (χ3n) is 1.30. The molecule has 1 aromatic rings. The van der Waals surface area contributed by atoms with Crippen LogP contribution >= 0.6 is 0 Å². The van der Waals surface area contributed by atoms with Crippen LogP contribution in [0.3, 0.4) is 0 Å². The van der Waals surface area contributed by atoms with Crippen LogP contribution in [-0.2, 0) is 0 Å². The number of nitrogens with zero attached hydrogens (tertiary/aromatic N) is 1. The van der Waals surface area contributed by atoms with Crippen molar-refractivity contribution in [3.8, 4) is 0 Å². The Labute approximate surface area is 60.0 Å². The van der Waals surface area contributed by atoms with Crippen molar-refractivity contribution in [1.29, 1.82) is 5.41 Å². The van der Waals surface area contributed by atoms with Crippen molar-refractivity contribution in [3.05, 3.63) is 24.5 Å². The standard InChI is InChI=1S/C7H11N3/c8-4-3-7(9)10-5-1-2-6-10/h1-2,5-6,9H,3-4,8H2. The maximum atomic E-state index is 7.43. The quantitative estimate of drug-likeness (QED) is 0.456. The van der Waals surface area contributed by atoms with Gasteiger partial charge in [-0.15, -0.1) is 0 Å². The second kappa shape index (κ2) is 3.17. The molecule has 10 heavy (non-hydrogen) atoms. The van der Waals surface area contributed by atoms with Gasteiger partial charge >= 0.3 is 0 Å². The zero-order valence-electron chi connectivity index (χ0n) is 5.75. The molecule has 0 bridgehead atoms. The molecule has 3 N–H and O–H groups in total. The van der Waals surface area contributed by atoms with Gasteiger partial charge in [-0.05, 0) is 18.7 Å². The van der Waals surface area contributed by atoms with Gasteiger partial charge in [0.25, 0.3) is 0 Å². The maximum Gasteiger partial charge on any atom is 0.105 e. The van der Waals surface area contributed by atoms with Crippen LogP contribution in [0.15, 0.2) is 24.5 Å². The number of rotatable bonds is 2. The Bertz CT molecular complexity index is 201. The summed E-state index contributed by atoms with van der Waals surface area (Å²) in [6, 6.07) is 3.79. The smallest absolute Gasteiger partial charge is 0.105 e. The Kier molecular flexibility index (Phi) is 2.23. The second-order valence-corrected chi connectivity index (χ2v) is 2.08. The average molecular weight is 137 g/mol. The van der Waals surface area contributed by atoms with E-state index in [1.807, 2.05) is 24.5 Å². The molecule has 0 aliphatic carbocycles. The van der Waals surface area contributed by atoms with Crippen LogP contribution < -0.4 is 5.73 Å². The molecule has 0 fully saturated rings. The summed E-state index contributed by atoms with van der Waals surface area (Å²) in [5.74, 6) is 0.549. The summed E-state index contributed by atoms with van der Waals surface area (Å²) in [4.78, 5) is 0. The fraction of sp³-hybridized carbons (Fsp3) is 0.286. The van der Waals surface area contributed by atoms with Crippen molar-refractivity contribution in [1.82, 2.24) is 4.57 Å². The summed E-state index contributed by atoms with van der Waals surface area (Å²) in [5.41, 5.74) is 5.28. The minimum atomic E-state index is 0.539. The first kappa shape index (κ1) is 7.02. The normalized spacial score (nSPS) is 9.70. The van der Waals surface area contributed by atoms with Crippen LogP contribution in [0.5, 0.6) is 0 Å². The molecular formula is C7H11N3. The average Bonchev–Trinajstić information content (AvgIpc) is 2.38. The van der Waals surface area contributed by atoms with Crippen LogP contribution in [0.1, 0.15) is 6.42 Å². The largest absolute Gasteiger partial charge is 0.330 e. The third kappa shape index (κ3) is 1.45. The van der Waals surface area contributed by atoms with Crippen molar-refractivity contribution in [2.24, 2.45) is 5.73 Å². The van der Waals surface area contributed by atoms with E-state index in [2.05, 4.69) is 0 Å². The van der Waals surface area contributed by atoms with Gasteiger partial charge in [-0.2, -0.15) is 0 Å². The molecule has 1 rings (SSSR count). The molecule has 0 aliphatic heterocycles. The van der Waals surface area contributed by atoms with Gasteiger partial charge in [-0.1, -0.05) is 0 Å². The number of hydrogen-bond acceptors (Lipinski definition) is 2. The molecule has 54 valence electrons. The zero-order valence-corrected chi connectivity index (χ0v) is 5.75. The van der Waals surface area contributed by atoms with Gasteiger partial charge in [0.15, 0.2) is 0 Å². The van der Waals surface area contributed by atoms with Crippen LogP contribution in [0.2, 0.25) is 0 Å². The van der Waals surface area contributed by atoms with Gasteiger partial charge in [-0.3, -0.25) is 5.41 Å². The Balaban J connectivity index is 2.59. The van der Waals surface area contributed by atoms with Crippen LogP contribution in [0, 0.1) is 5.41 Å². The number of nitrogens with one attached hydrogen (secondary N) is 1. The summed E-state index contributed by atoms with van der Waals surface area (Å²) in [7, 11) is 0. The minimum absolute atomic E-state index is 0.539. The lowest BCUT2D eigenvalue weighted by Gasteiger charge is -2.01. The maximum absolute atomic E-state index is 7.43. The summed E-state index contributed by atoms with van der Waals surface area (Å²) >= 11 is 0. The molecule has 0 saturated carbocycles. The van der Waals surface area contributed by atoms with Crippen LogP contribution in [-0.4, -0.2) is 16.9 Å². The van der Waals surface area contributed by atoms with Crippen LogP contribution in [0.4, 0.5) is 0 Å². The highest BCUT2D eigenvalue weighted by Crippen LogP contribution is 1.91. The monoisotopic (exact) mass is 137 g/mol. The first-order chi connectivity index (χ1) is 4.84. The molecule has 1 heterocycles. The predicted octanol–water partition coefficient (Wildman–Crippen LogP) is 0.662. The van der Waals surface area contributed by atoms with Crippen molar-refractivity contribution >= 4 is 5.84 Å². The number of nitrogens with two attached hydrogens (primary N) is 1. The van der Waals surface area contributed by atoms with E-state index in [9.17, 15) is 0 Å². The lowest BCUT2D eigenvalue weighted by Crippen LogP contribution is -2.13. The molecule has 0 radical (unpaired) electrons. The number of aromatic nitrogens is 1. The molecule has 0 atom stereocenters. The molecule has 1 aromatic heterocycles. The Morgan fingerprint density at radius 3 is 2.50 bits per heavy atom. The van der Waals surface area contributed by atoms with Gasteiger partial charge in [0.2, 0.25) is 0 Å². The van der Waals surface area contributed by atoms with Gasteiger partial charge in [-0.25, -0.2) is 0 Å². The highest BCUT2D eigenvalue weighted by molar-refractivity contribution is 5.81. The summed E-state index contributed by atoms with van der Waals surface area (Å²) < 4.78 is 1.76. The molecule has 0 spiro atoms. The van der Waals surface area contributed by atoms with E-state index in [0.717, 1.165) is 0 Å². The van der Waals surface area contributed by atoms with E-state index in [1.165, 1.54) is 0 Å². The van der Waals surface area contributed by atoms with Gasteiger partial charge in [0.1, 0.15) is 5.84 Å². The molecule has 0 aromatic carbocycles. The minimum Gasteiger partial charge on any atom is -0.330 e. The fourth-order valence-corrected chi connectivity index (χ4v) is 0.780. The lowest BCUT2D eigenvalue weighted by atomic mass is 10.4. The fourth-order valence-electron chi connectivity index (χ4n) is 0.780. The highest BCUT2D eigenvalue weighted by atomic mass is 15.0. The first-order valence-electron chi connectivity index (χ1n) is 3.25. The van der Waals surface area contributed by atoms with E-state index >= 15 is 0 Å². The Morgan fingerprint density at radius 2 is 2.00 bits per heavy atom. The van der Waals surface area contributed by atoms with Crippen molar-refractivity contribution < 1.29 is 0 Å². The number of hydrogen-bond donors (Lipinski definition) is 2. The third-order valence-corrected chi connectivity index (χ3v) is 1.30. The van der Waals surface area contributed by atoms with Gasteiger partial charge in [0, 0.05) is 18.8 Å². The summed E-state index contributed by atoms with van der Waals surface area (Å²) in [6.07, 6.45) is 4.32. The topological polar surface area (TPSA) is 54.8 Å². The van der Waals surface area contributed by atoms with E-state index < -0.39 is 0 Å². The molecule has 3 nitrogen and oxygen atoms in total. The van der Waals surface area contributed by atoms with Crippen molar-refractivity contribution in [2.75, 3.05) is 6.54 Å². The first-order valence-corrected chi connectivity index (χ1v) is 3.25. The van der Waals surface area contributed by atoms with E-state index in [0.29, 0.717) is 18.8 Å². The molecule has 3 heteroatoms. The van der Waals surface area contributed by atoms with Crippen molar-refractivity contribution in [2.45, 2.75) is 6.42 Å². The summed E-state index contributed by atoms with van der Waals surface area (Å²) in [6.45, 7) is 0.539.